The number of esters is 1. The van der Waals surface area contributed by atoms with Crippen LogP contribution in [-0.2, 0) is 22.5 Å². The Balaban J connectivity index is 1.91. The fraction of sp³-hybridized carbons (Fsp3) is 0.227. The average molecular weight is 412 g/mol. The van der Waals surface area contributed by atoms with Crippen LogP contribution in [0, 0.1) is 0 Å². The molecule has 0 bridgehead atoms. The van der Waals surface area contributed by atoms with Crippen molar-refractivity contribution in [2.45, 2.75) is 13.0 Å². The van der Waals surface area contributed by atoms with Crippen LogP contribution in [0.1, 0.15) is 21.5 Å². The summed E-state index contributed by atoms with van der Waals surface area (Å²) in [5, 5.41) is 4.65. The Labute approximate surface area is 174 Å². The molecule has 0 aromatic heterocycles. The first-order chi connectivity index (χ1) is 14.5. The van der Waals surface area contributed by atoms with Crippen LogP contribution in [0.2, 0.25) is 0 Å². The van der Waals surface area contributed by atoms with E-state index in [1.807, 2.05) is 30.3 Å². The van der Waals surface area contributed by atoms with E-state index < -0.39 is 24.5 Å². The molecule has 2 rings (SSSR count). The van der Waals surface area contributed by atoms with E-state index in [0.717, 1.165) is 5.56 Å². The SMILES string of the molecule is C=CCc1cc(C(=O)OCC(=O)NC(=O)NCc2ccccc2)cc(OC)c1OC. The Hall–Kier alpha value is -3.81. The van der Waals surface area contributed by atoms with Gasteiger partial charge in [-0.25, -0.2) is 9.59 Å². The number of ether oxygens (including phenoxy) is 3. The Morgan fingerprint density at radius 1 is 1.07 bits per heavy atom. The van der Waals surface area contributed by atoms with Crippen molar-refractivity contribution in [2.75, 3.05) is 20.8 Å². The maximum absolute atomic E-state index is 12.3. The molecule has 8 nitrogen and oxygen atoms in total. The number of nitrogens with one attached hydrogen (secondary N) is 2. The largest absolute Gasteiger partial charge is 0.493 e. The molecule has 0 heterocycles. The van der Waals surface area contributed by atoms with Crippen LogP contribution in [0.4, 0.5) is 4.79 Å². The lowest BCUT2D eigenvalue weighted by Crippen LogP contribution is -2.41. The Bertz CT molecular complexity index is 911. The van der Waals surface area contributed by atoms with Crippen LogP contribution in [0.25, 0.3) is 0 Å². The lowest BCUT2D eigenvalue weighted by atomic mass is 10.1. The summed E-state index contributed by atoms with van der Waals surface area (Å²) in [6, 6.07) is 11.6. The van der Waals surface area contributed by atoms with Crippen LogP contribution in [0.15, 0.2) is 55.1 Å². The van der Waals surface area contributed by atoms with Gasteiger partial charge in [0.25, 0.3) is 5.91 Å². The van der Waals surface area contributed by atoms with Gasteiger partial charge in [0.2, 0.25) is 0 Å². The number of urea groups is 1. The molecule has 2 aromatic rings. The molecule has 0 fully saturated rings. The molecule has 158 valence electrons. The number of hydrogen-bond acceptors (Lipinski definition) is 6. The second-order valence-corrected chi connectivity index (χ2v) is 6.16. The van der Waals surface area contributed by atoms with Crippen molar-refractivity contribution in [3.63, 3.8) is 0 Å². The number of carbonyl (C=O) groups excluding carboxylic acids is 3. The number of amides is 3. The van der Waals surface area contributed by atoms with Crippen molar-refractivity contribution in [3.05, 3.63) is 71.8 Å². The topological polar surface area (TPSA) is 103 Å². The first kappa shape index (κ1) is 22.5. The van der Waals surface area contributed by atoms with Crippen LogP contribution >= 0.6 is 0 Å². The molecule has 2 N–H and O–H groups in total. The molecule has 0 aliphatic rings. The molecular weight excluding hydrogens is 388 g/mol. The maximum atomic E-state index is 12.3. The lowest BCUT2D eigenvalue weighted by molar-refractivity contribution is -0.123. The monoisotopic (exact) mass is 412 g/mol. The summed E-state index contributed by atoms with van der Waals surface area (Å²) in [4.78, 5) is 36.0. The number of carbonyl (C=O) groups is 3. The van der Waals surface area contributed by atoms with Gasteiger partial charge < -0.3 is 19.5 Å². The molecule has 0 aliphatic heterocycles. The van der Waals surface area contributed by atoms with Gasteiger partial charge in [-0.3, -0.25) is 10.1 Å². The highest BCUT2D eigenvalue weighted by Gasteiger charge is 2.18. The van der Waals surface area contributed by atoms with Gasteiger partial charge in [-0.15, -0.1) is 6.58 Å². The van der Waals surface area contributed by atoms with Crippen LogP contribution in [-0.4, -0.2) is 38.7 Å². The summed E-state index contributed by atoms with van der Waals surface area (Å²) in [5.74, 6) is -0.642. The Morgan fingerprint density at radius 2 is 1.80 bits per heavy atom. The summed E-state index contributed by atoms with van der Waals surface area (Å²) in [7, 11) is 2.95. The number of imide groups is 1. The molecule has 8 heteroatoms. The summed E-state index contributed by atoms with van der Waals surface area (Å²) in [6.45, 7) is 3.33. The highest BCUT2D eigenvalue weighted by molar-refractivity contribution is 5.97. The summed E-state index contributed by atoms with van der Waals surface area (Å²) in [5.41, 5.74) is 1.75. The fourth-order valence-electron chi connectivity index (χ4n) is 2.67. The van der Waals surface area contributed by atoms with E-state index in [-0.39, 0.29) is 12.1 Å². The van der Waals surface area contributed by atoms with Gasteiger partial charge in [0.15, 0.2) is 18.1 Å². The molecule has 0 radical (unpaired) electrons. The number of rotatable bonds is 9. The van der Waals surface area contributed by atoms with E-state index in [1.54, 1.807) is 12.1 Å². The Kier molecular flexibility index (Phi) is 8.43. The third-order valence-electron chi connectivity index (χ3n) is 4.04. The van der Waals surface area contributed by atoms with E-state index in [4.69, 9.17) is 14.2 Å². The fourth-order valence-corrected chi connectivity index (χ4v) is 2.67. The molecular formula is C22H24N2O6. The number of benzene rings is 2. The molecule has 0 atom stereocenters. The predicted octanol–water partition coefficient (Wildman–Crippen LogP) is 2.62. The molecule has 30 heavy (non-hydrogen) atoms. The number of hydrogen-bond donors (Lipinski definition) is 2. The molecule has 2 aromatic carbocycles. The van der Waals surface area contributed by atoms with Crippen LogP contribution < -0.4 is 20.1 Å². The molecule has 0 unspecified atom stereocenters. The quantitative estimate of drug-likeness (QED) is 0.485. The minimum absolute atomic E-state index is 0.186. The lowest BCUT2D eigenvalue weighted by Gasteiger charge is -2.14. The smallest absolute Gasteiger partial charge is 0.338 e. The highest BCUT2D eigenvalue weighted by Crippen LogP contribution is 2.33. The highest BCUT2D eigenvalue weighted by atomic mass is 16.5. The van der Waals surface area contributed by atoms with Gasteiger partial charge in [0.1, 0.15) is 0 Å². The zero-order chi connectivity index (χ0) is 21.9. The third-order valence-corrected chi connectivity index (χ3v) is 4.04. The van der Waals surface area contributed by atoms with Gasteiger partial charge in [-0.05, 0) is 24.1 Å². The van der Waals surface area contributed by atoms with E-state index in [9.17, 15) is 14.4 Å². The van der Waals surface area contributed by atoms with Crippen LogP contribution in [0.5, 0.6) is 11.5 Å². The van der Waals surface area contributed by atoms with Gasteiger partial charge in [-0.1, -0.05) is 36.4 Å². The number of methoxy groups -OCH3 is 2. The maximum Gasteiger partial charge on any atom is 0.338 e. The second-order valence-electron chi connectivity index (χ2n) is 6.16. The zero-order valence-electron chi connectivity index (χ0n) is 16.9. The minimum Gasteiger partial charge on any atom is -0.493 e. The van der Waals surface area contributed by atoms with E-state index in [1.165, 1.54) is 20.3 Å². The van der Waals surface area contributed by atoms with E-state index in [2.05, 4.69) is 17.2 Å². The van der Waals surface area contributed by atoms with Gasteiger partial charge >= 0.3 is 12.0 Å². The third kappa shape index (κ3) is 6.37. The molecule has 3 amide bonds. The summed E-state index contributed by atoms with van der Waals surface area (Å²) >= 11 is 0. The molecule has 0 saturated carbocycles. The second kappa shape index (κ2) is 11.3. The predicted molar refractivity (Wildman–Crippen MR) is 111 cm³/mol. The average Bonchev–Trinajstić information content (AvgIpc) is 2.76. The van der Waals surface area contributed by atoms with Crippen molar-refractivity contribution in [1.82, 2.24) is 10.6 Å². The van der Waals surface area contributed by atoms with Crippen molar-refractivity contribution in [1.29, 1.82) is 0 Å². The first-order valence-electron chi connectivity index (χ1n) is 9.13. The van der Waals surface area contributed by atoms with Gasteiger partial charge in [-0.2, -0.15) is 0 Å². The molecule has 0 spiro atoms. The van der Waals surface area contributed by atoms with Crippen molar-refractivity contribution in [2.24, 2.45) is 0 Å². The minimum atomic E-state index is -0.749. The van der Waals surface area contributed by atoms with Gasteiger partial charge in [0, 0.05) is 12.1 Å². The molecule has 0 saturated heterocycles. The summed E-state index contributed by atoms with van der Waals surface area (Å²) in [6.07, 6.45) is 2.11. The van der Waals surface area contributed by atoms with Crippen LogP contribution in [0.3, 0.4) is 0 Å². The standard InChI is InChI=1S/C22H24N2O6/c1-4-8-16-11-17(12-18(28-2)20(16)29-3)21(26)30-14-19(25)24-22(27)23-13-15-9-6-5-7-10-15/h4-7,9-12H,1,8,13-14H2,2-3H3,(H2,23,24,25,27). The van der Waals surface area contributed by atoms with Crippen molar-refractivity contribution >= 4 is 17.9 Å². The van der Waals surface area contributed by atoms with Crippen molar-refractivity contribution in [3.8, 4) is 11.5 Å². The van der Waals surface area contributed by atoms with E-state index in [0.29, 0.717) is 23.5 Å². The van der Waals surface area contributed by atoms with Crippen molar-refractivity contribution < 1.29 is 28.6 Å². The first-order valence-corrected chi connectivity index (χ1v) is 9.13. The number of allylic oxidation sites excluding steroid dienone is 1. The zero-order valence-corrected chi connectivity index (χ0v) is 16.9. The Morgan fingerprint density at radius 3 is 2.43 bits per heavy atom. The van der Waals surface area contributed by atoms with Gasteiger partial charge in [0.05, 0.1) is 19.8 Å². The summed E-state index contributed by atoms with van der Waals surface area (Å²) < 4.78 is 15.6. The normalized spacial score (nSPS) is 9.93. The van der Waals surface area contributed by atoms with E-state index >= 15 is 0 Å². The molecule has 0 aliphatic carbocycles.